The first-order valence-corrected chi connectivity index (χ1v) is 11.8. The van der Waals surface area contributed by atoms with Crippen LogP contribution in [0.5, 0.6) is 5.75 Å². The van der Waals surface area contributed by atoms with Crippen LogP contribution in [0.4, 0.5) is 0 Å². The van der Waals surface area contributed by atoms with Crippen molar-refractivity contribution in [3.05, 3.63) is 57.9 Å². The maximum atomic E-state index is 12.8. The lowest BCUT2D eigenvalue weighted by Gasteiger charge is -2.17. The molecule has 1 saturated heterocycles. The van der Waals surface area contributed by atoms with Gasteiger partial charge in [0.1, 0.15) is 5.75 Å². The van der Waals surface area contributed by atoms with E-state index in [1.54, 1.807) is 18.2 Å². The monoisotopic (exact) mass is 496 g/mol. The van der Waals surface area contributed by atoms with E-state index < -0.39 is 15.9 Å². The topological polar surface area (TPSA) is 129 Å². The number of halogens is 2. The molecule has 2 aromatic carbocycles. The number of hydrogen-bond acceptors (Lipinski definition) is 7. The van der Waals surface area contributed by atoms with Gasteiger partial charge in [0, 0.05) is 18.1 Å². The first-order valence-electron chi connectivity index (χ1n) is 9.60. The number of nitrogens with zero attached hydrogens (tertiary/aromatic N) is 3. The van der Waals surface area contributed by atoms with Crippen LogP contribution in [0.1, 0.15) is 29.1 Å². The Balaban J connectivity index is 1.53. The largest absolute Gasteiger partial charge is 0.483 e. The molecule has 12 heteroatoms. The Hall–Kier alpha value is -2.66. The van der Waals surface area contributed by atoms with Crippen molar-refractivity contribution >= 4 is 39.1 Å². The number of aromatic nitrogens is 2. The molecule has 32 heavy (non-hydrogen) atoms. The number of rotatable bonds is 7. The summed E-state index contributed by atoms with van der Waals surface area (Å²) in [4.78, 5) is 11.9. The van der Waals surface area contributed by atoms with Gasteiger partial charge in [0.15, 0.2) is 6.61 Å². The molecule has 1 aliphatic rings. The Morgan fingerprint density at radius 1 is 1.12 bits per heavy atom. The Labute approximate surface area is 194 Å². The predicted molar refractivity (Wildman–Crippen MR) is 117 cm³/mol. The minimum absolute atomic E-state index is 0.0157. The molecule has 2 heterocycles. The van der Waals surface area contributed by atoms with Crippen molar-refractivity contribution < 1.29 is 22.4 Å². The lowest BCUT2D eigenvalue weighted by atomic mass is 10.2. The van der Waals surface area contributed by atoms with Crippen LogP contribution in [0.2, 0.25) is 10.0 Å². The molecular weight excluding hydrogens is 479 g/mol. The highest BCUT2D eigenvalue weighted by molar-refractivity contribution is 7.89. The lowest BCUT2D eigenvalue weighted by Crippen LogP contribution is -2.28. The number of ether oxygens (including phenoxy) is 1. The van der Waals surface area contributed by atoms with Crippen molar-refractivity contribution in [1.82, 2.24) is 14.5 Å². The highest BCUT2D eigenvalue weighted by Gasteiger charge is 2.28. The van der Waals surface area contributed by atoms with Crippen LogP contribution >= 0.6 is 23.2 Å². The fraction of sp³-hybridized carbons (Fsp3) is 0.250. The lowest BCUT2D eigenvalue weighted by molar-refractivity contribution is 0.0995. The molecule has 0 spiro atoms. The summed E-state index contributed by atoms with van der Waals surface area (Å²) in [7, 11) is -3.71. The number of sulfonamides is 1. The molecule has 4 rings (SSSR count). The van der Waals surface area contributed by atoms with Crippen LogP contribution in [-0.2, 0) is 16.6 Å². The van der Waals surface area contributed by atoms with Crippen molar-refractivity contribution in [1.29, 1.82) is 0 Å². The van der Waals surface area contributed by atoms with Gasteiger partial charge in [-0.3, -0.25) is 4.79 Å². The average Bonchev–Trinajstić information content (AvgIpc) is 3.45. The van der Waals surface area contributed by atoms with Gasteiger partial charge in [-0.05, 0) is 49.2 Å². The molecule has 3 aromatic rings. The molecular formula is C20H18Cl2N4O5S. The fourth-order valence-electron chi connectivity index (χ4n) is 3.29. The maximum Gasteiger partial charge on any atom is 0.254 e. The van der Waals surface area contributed by atoms with E-state index in [0.717, 1.165) is 12.8 Å². The van der Waals surface area contributed by atoms with E-state index >= 15 is 0 Å². The molecule has 1 amide bonds. The molecule has 9 nitrogen and oxygen atoms in total. The second kappa shape index (κ2) is 9.07. The average molecular weight is 497 g/mol. The summed E-state index contributed by atoms with van der Waals surface area (Å²) in [5, 5.41) is 8.65. The Morgan fingerprint density at radius 3 is 2.56 bits per heavy atom. The van der Waals surface area contributed by atoms with Gasteiger partial charge < -0.3 is 14.9 Å². The third kappa shape index (κ3) is 4.58. The molecule has 1 fully saturated rings. The van der Waals surface area contributed by atoms with Gasteiger partial charge in [0.25, 0.3) is 11.8 Å². The number of carbonyl (C=O) groups excluding carboxylic acids is 1. The summed E-state index contributed by atoms with van der Waals surface area (Å²) >= 11 is 12.0. The number of carbonyl (C=O) groups is 1. The summed E-state index contributed by atoms with van der Waals surface area (Å²) in [5.41, 5.74) is 5.89. The Bertz CT molecular complexity index is 1270. The van der Waals surface area contributed by atoms with Gasteiger partial charge in [-0.2, -0.15) is 4.31 Å². The van der Waals surface area contributed by atoms with Gasteiger partial charge >= 0.3 is 0 Å². The molecule has 2 N–H and O–H groups in total. The normalized spacial score (nSPS) is 14.6. The number of hydrogen-bond donors (Lipinski definition) is 1. The van der Waals surface area contributed by atoms with Crippen molar-refractivity contribution in [2.75, 3.05) is 13.1 Å². The molecule has 1 aliphatic heterocycles. The van der Waals surface area contributed by atoms with E-state index in [1.807, 2.05) is 0 Å². The molecule has 0 aliphatic carbocycles. The quantitative estimate of drug-likeness (QED) is 0.529. The zero-order chi connectivity index (χ0) is 22.9. The third-order valence-electron chi connectivity index (χ3n) is 4.90. The molecule has 0 unspecified atom stereocenters. The third-order valence-corrected chi connectivity index (χ3v) is 7.34. The number of amides is 1. The van der Waals surface area contributed by atoms with E-state index in [4.69, 9.17) is 38.1 Å². The van der Waals surface area contributed by atoms with Crippen LogP contribution in [-0.4, -0.2) is 41.9 Å². The summed E-state index contributed by atoms with van der Waals surface area (Å²) in [6, 6.07) is 8.82. The number of nitrogens with two attached hydrogens (primary N) is 1. The van der Waals surface area contributed by atoms with Crippen molar-refractivity contribution in [3.63, 3.8) is 0 Å². The fourth-order valence-corrected chi connectivity index (χ4v) is 5.32. The first kappa shape index (κ1) is 22.5. The Morgan fingerprint density at radius 2 is 1.88 bits per heavy atom. The molecule has 168 valence electrons. The summed E-state index contributed by atoms with van der Waals surface area (Å²) < 4.78 is 38.1. The smallest absolute Gasteiger partial charge is 0.254 e. The number of primary amides is 1. The van der Waals surface area contributed by atoms with Crippen LogP contribution in [0.25, 0.3) is 11.5 Å². The van der Waals surface area contributed by atoms with Crippen molar-refractivity contribution in [2.45, 2.75) is 24.3 Å². The van der Waals surface area contributed by atoms with E-state index in [0.29, 0.717) is 28.7 Å². The highest BCUT2D eigenvalue weighted by Crippen LogP contribution is 2.30. The maximum absolute atomic E-state index is 12.8. The summed E-state index contributed by atoms with van der Waals surface area (Å²) in [6.07, 6.45) is 1.60. The predicted octanol–water partition coefficient (Wildman–Crippen LogP) is 3.51. The summed E-state index contributed by atoms with van der Waals surface area (Å²) in [5.74, 6) is -0.428. The molecule has 0 bridgehead atoms. The van der Waals surface area contributed by atoms with Crippen molar-refractivity contribution in [3.8, 4) is 17.2 Å². The van der Waals surface area contributed by atoms with Crippen molar-refractivity contribution in [2.24, 2.45) is 5.73 Å². The standard InChI is InChI=1S/C20H18Cl2N4O5S/c21-12-3-5-14(16(22)9-12)20-25-24-18(31-20)11-30-17-6-4-13(10-15(17)19(23)27)32(28,29)26-7-1-2-8-26/h3-6,9-10H,1-2,7-8,11H2,(H2,23,27). The zero-order valence-corrected chi connectivity index (χ0v) is 19.0. The Kier molecular flexibility index (Phi) is 6.38. The minimum atomic E-state index is -3.71. The van der Waals surface area contributed by atoms with Gasteiger partial charge in [-0.25, -0.2) is 8.42 Å². The van der Waals surface area contributed by atoms with E-state index in [1.165, 1.54) is 22.5 Å². The molecule has 0 radical (unpaired) electrons. The van der Waals surface area contributed by atoms with Gasteiger partial charge in [-0.15, -0.1) is 10.2 Å². The molecule has 1 aromatic heterocycles. The van der Waals surface area contributed by atoms with E-state index in [9.17, 15) is 13.2 Å². The highest BCUT2D eigenvalue weighted by atomic mass is 35.5. The van der Waals surface area contributed by atoms with Crippen LogP contribution in [0, 0.1) is 0 Å². The van der Waals surface area contributed by atoms with E-state index in [-0.39, 0.29) is 34.6 Å². The molecule has 0 saturated carbocycles. The summed E-state index contributed by atoms with van der Waals surface area (Å²) in [6.45, 7) is 0.726. The first-order chi connectivity index (χ1) is 15.3. The van der Waals surface area contributed by atoms with Crippen LogP contribution in [0.15, 0.2) is 45.7 Å². The van der Waals surface area contributed by atoms with Gasteiger partial charge in [-0.1, -0.05) is 23.2 Å². The van der Waals surface area contributed by atoms with Crippen LogP contribution < -0.4 is 10.5 Å². The van der Waals surface area contributed by atoms with E-state index in [2.05, 4.69) is 10.2 Å². The second-order valence-electron chi connectivity index (χ2n) is 7.05. The van der Waals surface area contributed by atoms with Crippen LogP contribution in [0.3, 0.4) is 0 Å². The van der Waals surface area contributed by atoms with Gasteiger partial charge in [0.2, 0.25) is 15.9 Å². The van der Waals surface area contributed by atoms with Gasteiger partial charge in [0.05, 0.1) is 21.0 Å². The molecule has 0 atom stereocenters. The SMILES string of the molecule is NC(=O)c1cc(S(=O)(=O)N2CCCC2)ccc1OCc1nnc(-c2ccc(Cl)cc2Cl)o1. The zero-order valence-electron chi connectivity index (χ0n) is 16.6. The number of benzene rings is 2. The second-order valence-corrected chi connectivity index (χ2v) is 9.83. The minimum Gasteiger partial charge on any atom is -0.483 e.